The van der Waals surface area contributed by atoms with Crippen LogP contribution in [0.5, 0.6) is 0 Å². The minimum Gasteiger partial charge on any atom is -0.228 e. The van der Waals surface area contributed by atoms with Gasteiger partial charge in [0, 0.05) is 18.3 Å². The summed E-state index contributed by atoms with van der Waals surface area (Å²) in [4.78, 5) is 32.8. The zero-order chi connectivity index (χ0) is 17.5. The smallest absolute Gasteiger partial charge is 0.228 e. The highest BCUT2D eigenvalue weighted by atomic mass is 17.4. The van der Waals surface area contributed by atoms with Crippen molar-refractivity contribution in [1.82, 2.24) is 0 Å². The van der Waals surface area contributed by atoms with Crippen LogP contribution >= 0.6 is 0 Å². The Kier molecular flexibility index (Phi) is 5.18. The van der Waals surface area contributed by atoms with Gasteiger partial charge in [-0.2, -0.15) is 9.78 Å². The lowest BCUT2D eigenvalue weighted by atomic mass is 9.68. The average molecular weight is 332 g/mol. The van der Waals surface area contributed by atoms with Crippen LogP contribution in [-0.4, -0.2) is 23.3 Å². The maximum atomic E-state index is 5.66. The third-order valence-electron chi connectivity index (χ3n) is 3.81. The molecule has 2 unspecified atom stereocenters. The van der Waals surface area contributed by atoms with E-state index in [1.54, 1.807) is 0 Å². The van der Waals surface area contributed by atoms with Gasteiger partial charge in [0.15, 0.2) is 0 Å². The summed E-state index contributed by atoms with van der Waals surface area (Å²) in [6, 6.07) is 0. The Bertz CT molecular complexity index is 388. The van der Waals surface area contributed by atoms with Crippen LogP contribution in [0.1, 0.15) is 74.7 Å². The fourth-order valence-corrected chi connectivity index (χ4v) is 3.15. The van der Waals surface area contributed by atoms with Crippen LogP contribution in [-0.2, 0) is 29.3 Å². The first-order chi connectivity index (χ1) is 10.3. The third kappa shape index (κ3) is 5.66. The van der Waals surface area contributed by atoms with E-state index < -0.39 is 23.3 Å². The molecule has 1 spiro atoms. The van der Waals surface area contributed by atoms with E-state index in [9.17, 15) is 0 Å². The van der Waals surface area contributed by atoms with Crippen molar-refractivity contribution in [2.75, 3.05) is 0 Å². The van der Waals surface area contributed by atoms with Crippen molar-refractivity contribution < 1.29 is 29.3 Å². The molecule has 6 heteroatoms. The molecule has 0 aromatic rings. The van der Waals surface area contributed by atoms with Crippen molar-refractivity contribution >= 4 is 0 Å². The highest BCUT2D eigenvalue weighted by Gasteiger charge is 2.60. The molecule has 1 saturated carbocycles. The van der Waals surface area contributed by atoms with E-state index in [4.69, 9.17) is 29.3 Å². The van der Waals surface area contributed by atoms with E-state index in [1.165, 1.54) is 0 Å². The minimum absolute atomic E-state index is 0.343. The Balaban J connectivity index is 2.10. The van der Waals surface area contributed by atoms with Crippen molar-refractivity contribution in [3.05, 3.63) is 0 Å². The van der Waals surface area contributed by atoms with Crippen molar-refractivity contribution in [3.63, 3.8) is 0 Å². The maximum absolute atomic E-state index is 5.66. The topological polar surface area (TPSA) is 62.0 Å². The van der Waals surface area contributed by atoms with Crippen molar-refractivity contribution in [2.45, 2.75) is 97.9 Å². The van der Waals surface area contributed by atoms with Gasteiger partial charge < -0.3 is 0 Å². The standard InChI is InChI=1S/C17H32O6/c1-12-9-16(8,11-17(10-12)22-23-17)13(18-20-14(2,3)4)19-21-15(5,6)7/h12-13H,9-11H2,1-8H3. The molecule has 1 aliphatic carbocycles. The number of hydrogen-bond acceptors (Lipinski definition) is 6. The lowest BCUT2D eigenvalue weighted by Gasteiger charge is -2.42. The largest absolute Gasteiger partial charge is 0.235 e. The Morgan fingerprint density at radius 3 is 1.78 bits per heavy atom. The molecular weight excluding hydrogens is 300 g/mol. The summed E-state index contributed by atoms with van der Waals surface area (Å²) >= 11 is 0. The summed E-state index contributed by atoms with van der Waals surface area (Å²) < 4.78 is 0. The van der Waals surface area contributed by atoms with Gasteiger partial charge in [-0.25, -0.2) is 19.6 Å². The monoisotopic (exact) mass is 332 g/mol. The summed E-state index contributed by atoms with van der Waals surface area (Å²) in [5, 5.41) is 0. The first-order valence-corrected chi connectivity index (χ1v) is 8.38. The fourth-order valence-electron chi connectivity index (χ4n) is 3.15. The van der Waals surface area contributed by atoms with Gasteiger partial charge in [-0.05, 0) is 53.9 Å². The van der Waals surface area contributed by atoms with Gasteiger partial charge >= 0.3 is 0 Å². The maximum Gasteiger partial charge on any atom is 0.235 e. The van der Waals surface area contributed by atoms with E-state index >= 15 is 0 Å². The molecule has 2 aliphatic rings. The molecule has 0 bridgehead atoms. The second-order valence-electron chi connectivity index (χ2n) is 9.34. The molecule has 0 radical (unpaired) electrons. The Labute approximate surface area is 139 Å². The van der Waals surface area contributed by atoms with Crippen LogP contribution < -0.4 is 0 Å². The molecule has 6 nitrogen and oxygen atoms in total. The molecule has 0 N–H and O–H groups in total. The average Bonchev–Trinajstić information content (AvgIpc) is 3.02. The normalized spacial score (nSPS) is 30.9. The zero-order valence-electron chi connectivity index (χ0n) is 15.7. The minimum atomic E-state index is -0.673. The van der Waals surface area contributed by atoms with Gasteiger partial charge in [0.05, 0.1) is 11.2 Å². The first-order valence-electron chi connectivity index (χ1n) is 8.38. The second-order valence-corrected chi connectivity index (χ2v) is 9.34. The molecule has 2 atom stereocenters. The number of rotatable bonds is 5. The summed E-state index contributed by atoms with van der Waals surface area (Å²) in [5.74, 6) is -0.0730. The van der Waals surface area contributed by atoms with Gasteiger partial charge in [-0.3, -0.25) is 0 Å². The van der Waals surface area contributed by atoms with Crippen molar-refractivity contribution in [3.8, 4) is 0 Å². The highest BCUT2D eigenvalue weighted by molar-refractivity contribution is 4.95. The van der Waals surface area contributed by atoms with E-state index in [0.717, 1.165) is 12.8 Å². The summed E-state index contributed by atoms with van der Waals surface area (Å²) in [7, 11) is 0. The summed E-state index contributed by atoms with van der Waals surface area (Å²) in [6.07, 6.45) is 1.80. The van der Waals surface area contributed by atoms with Crippen LogP contribution in [0.15, 0.2) is 0 Å². The molecule has 2 rings (SSSR count). The van der Waals surface area contributed by atoms with Gasteiger partial charge in [0.2, 0.25) is 12.1 Å². The Hall–Kier alpha value is -0.240. The lowest BCUT2D eigenvalue weighted by Crippen LogP contribution is -2.47. The van der Waals surface area contributed by atoms with Crippen LogP contribution in [0.4, 0.5) is 0 Å². The Morgan fingerprint density at radius 2 is 1.39 bits per heavy atom. The predicted molar refractivity (Wildman–Crippen MR) is 83.7 cm³/mol. The summed E-state index contributed by atoms with van der Waals surface area (Å²) in [6.45, 7) is 15.8. The molecule has 0 aromatic heterocycles. The fraction of sp³-hybridized carbons (Fsp3) is 1.00. The quantitative estimate of drug-likeness (QED) is 0.324. The second kappa shape index (κ2) is 6.24. The molecule has 0 aromatic carbocycles. The molecule has 136 valence electrons. The van der Waals surface area contributed by atoms with Crippen LogP contribution in [0.3, 0.4) is 0 Å². The van der Waals surface area contributed by atoms with Crippen molar-refractivity contribution in [1.29, 1.82) is 0 Å². The molecule has 1 aliphatic heterocycles. The number of hydrogen-bond donors (Lipinski definition) is 0. The van der Waals surface area contributed by atoms with Gasteiger partial charge in [0.25, 0.3) is 0 Å². The van der Waals surface area contributed by atoms with Gasteiger partial charge in [-0.15, -0.1) is 0 Å². The summed E-state index contributed by atoms with van der Waals surface area (Å²) in [5.41, 5.74) is -1.22. The van der Waals surface area contributed by atoms with E-state index in [1.807, 2.05) is 41.5 Å². The molecule has 2 fully saturated rings. The van der Waals surface area contributed by atoms with Crippen molar-refractivity contribution in [2.24, 2.45) is 11.3 Å². The van der Waals surface area contributed by atoms with Crippen LogP contribution in [0.2, 0.25) is 0 Å². The van der Waals surface area contributed by atoms with Gasteiger partial charge in [0.1, 0.15) is 0 Å². The van der Waals surface area contributed by atoms with Gasteiger partial charge in [-0.1, -0.05) is 13.8 Å². The lowest BCUT2D eigenvalue weighted by molar-refractivity contribution is -0.517. The van der Waals surface area contributed by atoms with Crippen LogP contribution in [0, 0.1) is 11.3 Å². The zero-order valence-corrected chi connectivity index (χ0v) is 15.7. The molecule has 1 saturated heterocycles. The highest BCUT2D eigenvalue weighted by Crippen LogP contribution is 2.55. The SMILES string of the molecule is CC1CC2(CC(C)(C(OOC(C)(C)C)OOC(C)(C)C)C1)OO2. The van der Waals surface area contributed by atoms with E-state index in [0.29, 0.717) is 12.3 Å². The predicted octanol–water partition coefficient (Wildman–Crippen LogP) is 4.29. The van der Waals surface area contributed by atoms with E-state index in [2.05, 4.69) is 13.8 Å². The molecule has 1 heterocycles. The van der Waals surface area contributed by atoms with E-state index in [-0.39, 0.29) is 5.41 Å². The molecule has 0 amide bonds. The first kappa shape index (κ1) is 19.1. The Morgan fingerprint density at radius 1 is 0.913 bits per heavy atom. The molecular formula is C17H32O6. The van der Waals surface area contributed by atoms with Crippen LogP contribution in [0.25, 0.3) is 0 Å². The third-order valence-corrected chi connectivity index (χ3v) is 3.81. The molecule has 23 heavy (non-hydrogen) atoms.